The molecule has 128 valence electrons. The maximum Gasteiger partial charge on any atom is 0.274 e. The second kappa shape index (κ2) is 9.78. The molecule has 0 bridgehead atoms. The van der Waals surface area contributed by atoms with Gasteiger partial charge in [0.15, 0.2) is 0 Å². The van der Waals surface area contributed by atoms with Crippen LogP contribution >= 0.6 is 12.4 Å². The zero-order valence-corrected chi connectivity index (χ0v) is 14.3. The lowest BCUT2D eigenvalue weighted by Gasteiger charge is -2.09. The summed E-state index contributed by atoms with van der Waals surface area (Å²) in [6, 6.07) is 10.2. The number of benzene rings is 1. The van der Waals surface area contributed by atoms with Crippen molar-refractivity contribution in [2.45, 2.75) is 26.2 Å². The third-order valence-electron chi connectivity index (χ3n) is 3.74. The van der Waals surface area contributed by atoms with Crippen LogP contribution in [0.25, 0.3) is 0 Å². The molecule has 0 aliphatic heterocycles. The van der Waals surface area contributed by atoms with E-state index in [0.717, 1.165) is 25.5 Å². The summed E-state index contributed by atoms with van der Waals surface area (Å²) in [4.78, 5) is 15.7. The molecule has 6 heteroatoms. The fourth-order valence-electron chi connectivity index (χ4n) is 2.22. The Morgan fingerprint density at radius 3 is 2.54 bits per heavy atom. The molecule has 2 N–H and O–H groups in total. The van der Waals surface area contributed by atoms with Crippen LogP contribution in [0.15, 0.2) is 42.6 Å². The van der Waals surface area contributed by atoms with Crippen molar-refractivity contribution in [2.24, 2.45) is 5.92 Å². The predicted octanol–water partition coefficient (Wildman–Crippen LogP) is 4.50. The van der Waals surface area contributed by atoms with Crippen molar-refractivity contribution < 1.29 is 9.18 Å². The van der Waals surface area contributed by atoms with Crippen molar-refractivity contribution in [3.63, 3.8) is 0 Å². The Bertz CT molecular complexity index is 659. The first-order valence-electron chi connectivity index (χ1n) is 7.64. The van der Waals surface area contributed by atoms with E-state index in [1.54, 1.807) is 0 Å². The van der Waals surface area contributed by atoms with Gasteiger partial charge >= 0.3 is 0 Å². The maximum absolute atomic E-state index is 12.8. The lowest BCUT2D eigenvalue weighted by molar-refractivity contribution is 0.102. The topological polar surface area (TPSA) is 65.8 Å². The van der Waals surface area contributed by atoms with Gasteiger partial charge in [0.25, 0.3) is 5.91 Å². The Labute approximate surface area is 147 Å². The number of carbonyl (C=O) groups is 1. The SMILES string of the molecule is CCC(C=N)CCc1ccc(NC(=O)c2ccc(F)cn2)cc1.Cl. The van der Waals surface area contributed by atoms with Gasteiger partial charge in [0, 0.05) is 5.69 Å². The van der Waals surface area contributed by atoms with Crippen LogP contribution < -0.4 is 5.32 Å². The number of carbonyl (C=O) groups excluding carboxylic acids is 1. The van der Waals surface area contributed by atoms with E-state index in [9.17, 15) is 9.18 Å². The van der Waals surface area contributed by atoms with Crippen molar-refractivity contribution >= 4 is 30.2 Å². The first kappa shape index (κ1) is 19.8. The quantitative estimate of drug-likeness (QED) is 0.722. The standard InChI is InChI=1S/C18H20FN3O.ClH/c1-2-13(11-20)3-4-14-5-8-16(9-6-14)22-18(23)17-10-7-15(19)12-21-17;/h5-13,20H,2-4H2,1H3,(H,22,23);1H. The summed E-state index contributed by atoms with van der Waals surface area (Å²) in [5.41, 5.74) is 2.01. The average molecular weight is 350 g/mol. The van der Waals surface area contributed by atoms with E-state index in [-0.39, 0.29) is 24.0 Å². The number of aryl methyl sites for hydroxylation is 1. The molecule has 0 aliphatic carbocycles. The molecule has 1 aromatic carbocycles. The van der Waals surface area contributed by atoms with Crippen molar-refractivity contribution in [1.82, 2.24) is 4.98 Å². The monoisotopic (exact) mass is 349 g/mol. The summed E-state index contributed by atoms with van der Waals surface area (Å²) in [7, 11) is 0. The van der Waals surface area contributed by atoms with Crippen LogP contribution in [-0.4, -0.2) is 17.1 Å². The maximum atomic E-state index is 12.8. The third kappa shape index (κ3) is 5.74. The minimum atomic E-state index is -0.471. The van der Waals surface area contributed by atoms with Gasteiger partial charge in [-0.25, -0.2) is 9.37 Å². The molecule has 1 unspecified atom stereocenters. The lowest BCUT2D eigenvalue weighted by atomic mass is 9.98. The number of nitrogens with one attached hydrogen (secondary N) is 2. The summed E-state index contributed by atoms with van der Waals surface area (Å²) in [6.45, 7) is 2.08. The van der Waals surface area contributed by atoms with Gasteiger partial charge in [0.1, 0.15) is 11.5 Å². The molecule has 2 rings (SSSR count). The summed E-state index contributed by atoms with van der Waals surface area (Å²) in [5, 5.41) is 10.1. The smallest absolute Gasteiger partial charge is 0.274 e. The van der Waals surface area contributed by atoms with Gasteiger partial charge in [-0.3, -0.25) is 4.79 Å². The zero-order valence-electron chi connectivity index (χ0n) is 13.5. The first-order valence-corrected chi connectivity index (χ1v) is 7.64. The van der Waals surface area contributed by atoms with Crippen molar-refractivity contribution in [2.75, 3.05) is 5.32 Å². The van der Waals surface area contributed by atoms with E-state index in [0.29, 0.717) is 11.6 Å². The first-order chi connectivity index (χ1) is 11.1. The van der Waals surface area contributed by atoms with E-state index in [1.165, 1.54) is 23.9 Å². The largest absolute Gasteiger partial charge is 0.321 e. The van der Waals surface area contributed by atoms with Gasteiger partial charge < -0.3 is 10.7 Å². The summed E-state index contributed by atoms with van der Waals surface area (Å²) >= 11 is 0. The number of nitrogens with zero attached hydrogens (tertiary/aromatic N) is 1. The van der Waals surface area contributed by atoms with Gasteiger partial charge in [0.2, 0.25) is 0 Å². The van der Waals surface area contributed by atoms with Crippen LogP contribution in [0.5, 0.6) is 0 Å². The summed E-state index contributed by atoms with van der Waals surface area (Å²) in [6.07, 6.45) is 5.35. The number of hydrogen-bond acceptors (Lipinski definition) is 3. The number of amides is 1. The number of hydrogen-bond donors (Lipinski definition) is 2. The molecule has 1 heterocycles. The second-order valence-corrected chi connectivity index (χ2v) is 5.39. The minimum Gasteiger partial charge on any atom is -0.321 e. The van der Waals surface area contributed by atoms with E-state index in [1.807, 2.05) is 24.3 Å². The molecule has 1 amide bonds. The van der Waals surface area contributed by atoms with E-state index in [4.69, 9.17) is 5.41 Å². The molecule has 0 radical (unpaired) electrons. The molecule has 0 aliphatic rings. The molecular formula is C18H21ClFN3O. The summed E-state index contributed by atoms with van der Waals surface area (Å²) in [5.74, 6) is -0.521. The zero-order chi connectivity index (χ0) is 16.7. The second-order valence-electron chi connectivity index (χ2n) is 5.39. The van der Waals surface area contributed by atoms with Crippen molar-refractivity contribution in [3.05, 3.63) is 59.7 Å². The Balaban J connectivity index is 0.00000288. The number of halogens is 2. The molecule has 4 nitrogen and oxygen atoms in total. The van der Waals surface area contributed by atoms with Crippen molar-refractivity contribution in [1.29, 1.82) is 5.41 Å². The Morgan fingerprint density at radius 1 is 1.29 bits per heavy atom. The highest BCUT2D eigenvalue weighted by atomic mass is 35.5. The average Bonchev–Trinajstić information content (AvgIpc) is 2.58. The van der Waals surface area contributed by atoms with Gasteiger partial charge in [-0.1, -0.05) is 19.1 Å². The molecule has 1 atom stereocenters. The minimum absolute atomic E-state index is 0. The molecule has 24 heavy (non-hydrogen) atoms. The summed E-state index contributed by atoms with van der Waals surface area (Å²) < 4.78 is 12.8. The van der Waals surface area contributed by atoms with Gasteiger partial charge in [-0.2, -0.15) is 0 Å². The van der Waals surface area contributed by atoms with Crippen LogP contribution in [0, 0.1) is 17.1 Å². The Hall–Kier alpha value is -2.27. The number of aromatic nitrogens is 1. The van der Waals surface area contributed by atoms with Crippen LogP contribution in [0.4, 0.5) is 10.1 Å². The lowest BCUT2D eigenvalue weighted by Crippen LogP contribution is -2.13. The highest BCUT2D eigenvalue weighted by molar-refractivity contribution is 6.02. The fourth-order valence-corrected chi connectivity index (χ4v) is 2.22. The third-order valence-corrected chi connectivity index (χ3v) is 3.74. The molecule has 2 aromatic rings. The van der Waals surface area contributed by atoms with E-state index in [2.05, 4.69) is 17.2 Å². The molecule has 0 fully saturated rings. The van der Waals surface area contributed by atoms with Crippen LogP contribution in [0.2, 0.25) is 0 Å². The Morgan fingerprint density at radius 2 is 2.00 bits per heavy atom. The van der Waals surface area contributed by atoms with Crippen LogP contribution in [0.1, 0.15) is 35.8 Å². The van der Waals surface area contributed by atoms with E-state index >= 15 is 0 Å². The van der Waals surface area contributed by atoms with Gasteiger partial charge in [0.05, 0.1) is 6.20 Å². The van der Waals surface area contributed by atoms with Crippen molar-refractivity contribution in [3.8, 4) is 0 Å². The van der Waals surface area contributed by atoms with Gasteiger partial charge in [-0.05, 0) is 61.2 Å². The van der Waals surface area contributed by atoms with Gasteiger partial charge in [-0.15, -0.1) is 12.4 Å². The molecule has 0 saturated carbocycles. The molecule has 0 saturated heterocycles. The highest BCUT2D eigenvalue weighted by Crippen LogP contribution is 2.15. The fraction of sp³-hybridized carbons (Fsp3) is 0.278. The number of rotatable bonds is 7. The normalized spacial score (nSPS) is 11.2. The Kier molecular flexibility index (Phi) is 8.06. The predicted molar refractivity (Wildman–Crippen MR) is 96.7 cm³/mol. The molecular weight excluding hydrogens is 329 g/mol. The van der Waals surface area contributed by atoms with Crippen LogP contribution in [-0.2, 0) is 6.42 Å². The number of anilines is 1. The van der Waals surface area contributed by atoms with E-state index < -0.39 is 5.82 Å². The highest BCUT2D eigenvalue weighted by Gasteiger charge is 2.08. The number of pyridine rings is 1. The van der Waals surface area contributed by atoms with Crippen LogP contribution in [0.3, 0.4) is 0 Å². The molecule has 0 spiro atoms. The molecule has 1 aromatic heterocycles.